The van der Waals surface area contributed by atoms with E-state index in [-0.39, 0.29) is 28.8 Å². The zero-order chi connectivity index (χ0) is 21.7. The molecule has 0 bridgehead atoms. The SMILES string of the molecule is COc1cccnc1C(=O)Nc1cc(C(=O)N2CCC(F)CC2)cc(OC)c1OC. The molecule has 1 N–H and O–H groups in total. The van der Waals surface area contributed by atoms with Crippen molar-refractivity contribution >= 4 is 17.5 Å². The van der Waals surface area contributed by atoms with Gasteiger partial charge in [-0.2, -0.15) is 0 Å². The molecule has 2 aromatic rings. The second-order valence-electron chi connectivity index (χ2n) is 6.73. The zero-order valence-electron chi connectivity index (χ0n) is 17.1. The summed E-state index contributed by atoms with van der Waals surface area (Å²) in [4.78, 5) is 31.4. The zero-order valence-corrected chi connectivity index (χ0v) is 17.1. The van der Waals surface area contributed by atoms with E-state index < -0.39 is 12.1 Å². The quantitative estimate of drug-likeness (QED) is 0.777. The lowest BCUT2D eigenvalue weighted by molar-refractivity contribution is 0.0666. The highest BCUT2D eigenvalue weighted by Crippen LogP contribution is 2.37. The van der Waals surface area contributed by atoms with Crippen molar-refractivity contribution in [1.29, 1.82) is 0 Å². The fraction of sp³-hybridized carbons (Fsp3) is 0.381. The van der Waals surface area contributed by atoms with Gasteiger partial charge >= 0.3 is 0 Å². The van der Waals surface area contributed by atoms with E-state index in [2.05, 4.69) is 10.3 Å². The Balaban J connectivity index is 1.93. The molecule has 1 aromatic carbocycles. The molecule has 1 aromatic heterocycles. The molecule has 0 aliphatic carbocycles. The van der Waals surface area contributed by atoms with Crippen LogP contribution in [0.25, 0.3) is 0 Å². The van der Waals surface area contributed by atoms with E-state index in [9.17, 15) is 14.0 Å². The van der Waals surface area contributed by atoms with Crippen molar-refractivity contribution in [1.82, 2.24) is 9.88 Å². The van der Waals surface area contributed by atoms with Gasteiger partial charge in [0, 0.05) is 24.8 Å². The first-order valence-electron chi connectivity index (χ1n) is 9.48. The van der Waals surface area contributed by atoms with Crippen LogP contribution in [0.5, 0.6) is 17.2 Å². The normalized spacial score (nSPS) is 14.2. The summed E-state index contributed by atoms with van der Waals surface area (Å²) in [6.07, 6.45) is 1.20. The Labute approximate surface area is 173 Å². The van der Waals surface area contributed by atoms with Gasteiger partial charge in [0.1, 0.15) is 11.9 Å². The fourth-order valence-electron chi connectivity index (χ4n) is 3.32. The number of anilines is 1. The van der Waals surface area contributed by atoms with E-state index in [1.54, 1.807) is 23.1 Å². The number of benzene rings is 1. The molecule has 160 valence electrons. The summed E-state index contributed by atoms with van der Waals surface area (Å²) in [5.74, 6) is 0.0541. The summed E-state index contributed by atoms with van der Waals surface area (Å²) in [5.41, 5.74) is 0.634. The average molecular weight is 417 g/mol. The smallest absolute Gasteiger partial charge is 0.278 e. The second-order valence-corrected chi connectivity index (χ2v) is 6.73. The van der Waals surface area contributed by atoms with Crippen LogP contribution in [-0.2, 0) is 0 Å². The number of alkyl halides is 1. The van der Waals surface area contributed by atoms with E-state index in [0.29, 0.717) is 37.2 Å². The number of amides is 2. The topological polar surface area (TPSA) is 90.0 Å². The number of likely N-dealkylation sites (tertiary alicyclic amines) is 1. The molecule has 0 radical (unpaired) electrons. The highest BCUT2D eigenvalue weighted by Gasteiger charge is 2.26. The monoisotopic (exact) mass is 417 g/mol. The number of piperidine rings is 1. The standard InChI is InChI=1S/C21H24FN3O5/c1-28-16-5-4-8-23-18(16)20(26)24-15-11-13(12-17(29-2)19(15)30-3)21(27)25-9-6-14(22)7-10-25/h4-5,8,11-12,14H,6-7,9-10H2,1-3H3,(H,24,26). The molecule has 8 nitrogen and oxygen atoms in total. The third-order valence-electron chi connectivity index (χ3n) is 4.89. The number of hydrogen-bond donors (Lipinski definition) is 1. The number of nitrogens with one attached hydrogen (secondary N) is 1. The minimum atomic E-state index is -0.886. The van der Waals surface area contributed by atoms with Crippen LogP contribution in [0.2, 0.25) is 0 Å². The first-order valence-corrected chi connectivity index (χ1v) is 9.48. The van der Waals surface area contributed by atoms with E-state index in [4.69, 9.17) is 14.2 Å². The van der Waals surface area contributed by atoms with Gasteiger partial charge in [-0.25, -0.2) is 9.37 Å². The van der Waals surface area contributed by atoms with Crippen molar-refractivity contribution in [2.45, 2.75) is 19.0 Å². The molecule has 0 spiro atoms. The molecule has 9 heteroatoms. The van der Waals surface area contributed by atoms with Crippen LogP contribution in [-0.4, -0.2) is 62.3 Å². The molecular weight excluding hydrogens is 393 g/mol. The highest BCUT2D eigenvalue weighted by atomic mass is 19.1. The minimum absolute atomic E-state index is 0.0859. The van der Waals surface area contributed by atoms with Crippen molar-refractivity contribution in [3.63, 3.8) is 0 Å². The first kappa shape index (κ1) is 21.4. The van der Waals surface area contributed by atoms with Crippen molar-refractivity contribution in [3.8, 4) is 17.2 Å². The predicted octanol–water partition coefficient (Wildman–Crippen LogP) is 2.93. The number of rotatable bonds is 6. The molecule has 2 heterocycles. The Morgan fingerprint density at radius 3 is 2.43 bits per heavy atom. The third kappa shape index (κ3) is 4.45. The molecule has 0 unspecified atom stereocenters. The average Bonchev–Trinajstić information content (AvgIpc) is 2.78. The van der Waals surface area contributed by atoms with Crippen molar-refractivity contribution in [2.75, 3.05) is 39.7 Å². The Hall–Kier alpha value is -3.36. The van der Waals surface area contributed by atoms with Crippen LogP contribution >= 0.6 is 0 Å². The predicted molar refractivity (Wildman–Crippen MR) is 108 cm³/mol. The molecule has 30 heavy (non-hydrogen) atoms. The van der Waals surface area contributed by atoms with Gasteiger partial charge in [-0.05, 0) is 37.1 Å². The Bertz CT molecular complexity index is 929. The summed E-state index contributed by atoms with van der Waals surface area (Å²) in [6.45, 7) is 0.669. The lowest BCUT2D eigenvalue weighted by atomic mass is 10.1. The van der Waals surface area contributed by atoms with Gasteiger partial charge in [-0.15, -0.1) is 0 Å². The molecule has 1 fully saturated rings. The fourth-order valence-corrected chi connectivity index (χ4v) is 3.32. The molecule has 1 aliphatic rings. The second kappa shape index (κ2) is 9.43. The molecular formula is C21H24FN3O5. The number of hydrogen-bond acceptors (Lipinski definition) is 6. The largest absolute Gasteiger partial charge is 0.494 e. The van der Waals surface area contributed by atoms with Crippen molar-refractivity contribution in [3.05, 3.63) is 41.7 Å². The number of ether oxygens (including phenoxy) is 3. The first-order chi connectivity index (χ1) is 14.5. The van der Waals surface area contributed by atoms with Gasteiger partial charge in [0.25, 0.3) is 11.8 Å². The van der Waals surface area contributed by atoms with Crippen LogP contribution < -0.4 is 19.5 Å². The number of carbonyl (C=O) groups is 2. The Morgan fingerprint density at radius 1 is 1.10 bits per heavy atom. The van der Waals surface area contributed by atoms with Gasteiger partial charge < -0.3 is 24.4 Å². The number of methoxy groups -OCH3 is 3. The summed E-state index contributed by atoms with van der Waals surface area (Å²) >= 11 is 0. The van der Waals surface area contributed by atoms with Crippen LogP contribution in [0.4, 0.5) is 10.1 Å². The van der Waals surface area contributed by atoms with Gasteiger partial charge in [0.05, 0.1) is 27.0 Å². The maximum absolute atomic E-state index is 13.4. The van der Waals surface area contributed by atoms with Gasteiger partial charge in [-0.1, -0.05) is 0 Å². The molecule has 1 saturated heterocycles. The van der Waals surface area contributed by atoms with Crippen LogP contribution in [0.3, 0.4) is 0 Å². The third-order valence-corrected chi connectivity index (χ3v) is 4.89. The number of carbonyl (C=O) groups excluding carboxylic acids is 2. The van der Waals surface area contributed by atoms with E-state index in [0.717, 1.165) is 0 Å². The highest BCUT2D eigenvalue weighted by molar-refractivity contribution is 6.07. The molecule has 0 atom stereocenters. The minimum Gasteiger partial charge on any atom is -0.494 e. The number of nitrogens with zero attached hydrogens (tertiary/aromatic N) is 2. The molecule has 3 rings (SSSR count). The van der Waals surface area contributed by atoms with Gasteiger partial charge in [0.2, 0.25) is 0 Å². The Morgan fingerprint density at radius 2 is 1.80 bits per heavy atom. The lowest BCUT2D eigenvalue weighted by Crippen LogP contribution is -2.39. The maximum Gasteiger partial charge on any atom is 0.278 e. The van der Waals surface area contributed by atoms with Gasteiger partial charge in [0.15, 0.2) is 17.2 Å². The number of pyridine rings is 1. The lowest BCUT2D eigenvalue weighted by Gasteiger charge is -2.29. The van der Waals surface area contributed by atoms with Crippen molar-refractivity contribution in [2.24, 2.45) is 0 Å². The summed E-state index contributed by atoms with van der Waals surface area (Å²) in [7, 11) is 4.31. The number of halogens is 1. The molecule has 2 amide bonds. The van der Waals surface area contributed by atoms with Gasteiger partial charge in [-0.3, -0.25) is 9.59 Å². The van der Waals surface area contributed by atoms with E-state index in [1.165, 1.54) is 33.6 Å². The molecule has 0 saturated carbocycles. The summed E-state index contributed by atoms with van der Waals surface area (Å²) in [5, 5.41) is 2.72. The molecule has 1 aliphatic heterocycles. The van der Waals surface area contributed by atoms with Crippen LogP contribution in [0, 0.1) is 0 Å². The van der Waals surface area contributed by atoms with E-state index in [1.807, 2.05) is 0 Å². The van der Waals surface area contributed by atoms with Crippen LogP contribution in [0.1, 0.15) is 33.7 Å². The van der Waals surface area contributed by atoms with Crippen molar-refractivity contribution < 1.29 is 28.2 Å². The van der Waals surface area contributed by atoms with Crippen LogP contribution in [0.15, 0.2) is 30.5 Å². The number of aromatic nitrogens is 1. The maximum atomic E-state index is 13.4. The summed E-state index contributed by atoms with van der Waals surface area (Å²) < 4.78 is 29.4. The Kier molecular flexibility index (Phi) is 6.71. The van der Waals surface area contributed by atoms with E-state index >= 15 is 0 Å². The summed E-state index contributed by atoms with van der Waals surface area (Å²) in [6, 6.07) is 6.32.